The number of hydrogen-bond acceptors (Lipinski definition) is 6. The number of fused-ring (bicyclic) bond motifs is 1. The van der Waals surface area contributed by atoms with Crippen LogP contribution in [-0.4, -0.2) is 20.1 Å². The van der Waals surface area contributed by atoms with Gasteiger partial charge in [-0.05, 0) is 60.6 Å². The first-order valence-electron chi connectivity index (χ1n) is 10.2. The van der Waals surface area contributed by atoms with Crippen LogP contribution in [0.3, 0.4) is 0 Å². The van der Waals surface area contributed by atoms with E-state index < -0.39 is 17.6 Å². The molecule has 0 spiro atoms. The summed E-state index contributed by atoms with van der Waals surface area (Å²) in [5, 5.41) is 0. The van der Waals surface area contributed by atoms with Gasteiger partial charge >= 0.3 is 6.18 Å². The van der Waals surface area contributed by atoms with E-state index in [0.717, 1.165) is 12.8 Å². The minimum Gasteiger partial charge on any atom is -0.397 e. The van der Waals surface area contributed by atoms with Crippen LogP contribution < -0.4 is 17.0 Å². The van der Waals surface area contributed by atoms with Crippen LogP contribution in [0, 0.1) is 5.82 Å². The summed E-state index contributed by atoms with van der Waals surface area (Å²) in [7, 11) is 0. The van der Waals surface area contributed by atoms with Gasteiger partial charge in [0.1, 0.15) is 17.8 Å². The van der Waals surface area contributed by atoms with Crippen LogP contribution in [0.2, 0.25) is 0 Å². The molecule has 0 aliphatic heterocycles. The molecule has 1 unspecified atom stereocenters. The van der Waals surface area contributed by atoms with Gasteiger partial charge in [-0.3, -0.25) is 14.8 Å². The maximum absolute atomic E-state index is 12.9. The van der Waals surface area contributed by atoms with Crippen molar-refractivity contribution in [3.63, 3.8) is 0 Å². The Labute approximate surface area is 194 Å². The van der Waals surface area contributed by atoms with E-state index in [0.29, 0.717) is 17.3 Å². The molecule has 0 amide bonds. The zero-order valence-electron chi connectivity index (χ0n) is 17.8. The van der Waals surface area contributed by atoms with E-state index in [-0.39, 0.29) is 11.4 Å². The van der Waals surface area contributed by atoms with Gasteiger partial charge in [0.25, 0.3) is 0 Å². The number of thiol groups is 1. The Morgan fingerprint density at radius 2 is 1.97 bits per heavy atom. The van der Waals surface area contributed by atoms with E-state index in [2.05, 4.69) is 29.7 Å². The molecule has 176 valence electrons. The van der Waals surface area contributed by atoms with Crippen LogP contribution >= 0.6 is 12.8 Å². The number of alkyl halides is 3. The molecule has 0 bridgehead atoms. The Morgan fingerprint density at radius 3 is 2.58 bits per heavy atom. The smallest absolute Gasteiger partial charge is 0.397 e. The standard InChI is InChI=1S/C11H11F3N6S.C11H13F/c12-11(13,14)10(19-16)9(15)6-1-2-17-7(3-6)8-4-20(21)5-18-8;1-2-8-3-4-9-5-6-10(12)7-11(8)9/h1-5,19,21H,15-16H2;5-8H,2-4H2,1H3/b10-9-;. The van der Waals surface area contributed by atoms with Gasteiger partial charge in [-0.2, -0.15) is 13.2 Å². The Kier molecular flexibility index (Phi) is 7.65. The third-order valence-electron chi connectivity index (χ3n) is 5.40. The zero-order valence-corrected chi connectivity index (χ0v) is 18.7. The second-order valence-corrected chi connectivity index (χ2v) is 7.95. The van der Waals surface area contributed by atoms with E-state index in [1.165, 1.54) is 46.2 Å². The van der Waals surface area contributed by atoms with Gasteiger partial charge < -0.3 is 11.2 Å². The molecule has 1 atom stereocenters. The maximum Gasteiger partial charge on any atom is 0.434 e. The van der Waals surface area contributed by atoms with Gasteiger partial charge in [-0.1, -0.05) is 25.8 Å². The highest BCUT2D eigenvalue weighted by atomic mass is 32.1. The number of benzene rings is 1. The summed E-state index contributed by atoms with van der Waals surface area (Å²) in [6.07, 6.45) is 3.10. The molecule has 6 nitrogen and oxygen atoms in total. The van der Waals surface area contributed by atoms with Gasteiger partial charge in [0, 0.05) is 18.0 Å². The number of aromatic nitrogens is 3. The predicted molar refractivity (Wildman–Crippen MR) is 122 cm³/mol. The third kappa shape index (κ3) is 5.85. The summed E-state index contributed by atoms with van der Waals surface area (Å²) in [5.41, 5.74) is 8.90. The molecule has 0 fully saturated rings. The number of imidazole rings is 1. The first kappa shape index (κ1) is 24.6. The lowest BCUT2D eigenvalue weighted by Gasteiger charge is -2.14. The molecule has 1 aromatic carbocycles. The molecule has 11 heteroatoms. The summed E-state index contributed by atoms with van der Waals surface area (Å²) in [5.74, 6) is 5.42. The van der Waals surface area contributed by atoms with E-state index >= 15 is 0 Å². The average Bonchev–Trinajstić information content (AvgIpc) is 3.39. The average molecular weight is 481 g/mol. The fraction of sp³-hybridized carbons (Fsp3) is 0.273. The molecule has 0 saturated carbocycles. The molecule has 33 heavy (non-hydrogen) atoms. The van der Waals surface area contributed by atoms with Gasteiger partial charge in [0.05, 0.1) is 11.4 Å². The minimum absolute atomic E-state index is 0.0888. The molecule has 0 radical (unpaired) electrons. The summed E-state index contributed by atoms with van der Waals surface area (Å²) in [6.45, 7) is 2.17. The van der Waals surface area contributed by atoms with E-state index in [9.17, 15) is 17.6 Å². The molecule has 1 aliphatic rings. The van der Waals surface area contributed by atoms with E-state index in [4.69, 9.17) is 11.6 Å². The zero-order chi connectivity index (χ0) is 24.2. The Balaban J connectivity index is 0.000000215. The lowest BCUT2D eigenvalue weighted by Crippen LogP contribution is -2.34. The molecular formula is C22H24F4N6S. The highest BCUT2D eigenvalue weighted by Crippen LogP contribution is 2.35. The quantitative estimate of drug-likeness (QED) is 0.190. The monoisotopic (exact) mass is 480 g/mol. The molecule has 1 aliphatic carbocycles. The van der Waals surface area contributed by atoms with Crippen LogP contribution in [0.5, 0.6) is 0 Å². The SMILES string of the molecule is CCC1CCc2ccc(F)cc21.NN/C(=C(\N)c1ccnc(-c2cn(S)cn2)c1)C(F)(F)F. The first-order chi connectivity index (χ1) is 15.6. The van der Waals surface area contributed by atoms with Crippen molar-refractivity contribution in [3.05, 3.63) is 77.3 Å². The lowest BCUT2D eigenvalue weighted by molar-refractivity contribution is -0.0961. The number of aryl methyl sites for hydroxylation is 1. The van der Waals surface area contributed by atoms with Crippen molar-refractivity contribution in [2.45, 2.75) is 38.3 Å². The first-order valence-corrected chi connectivity index (χ1v) is 10.6. The summed E-state index contributed by atoms with van der Waals surface area (Å²) >= 11 is 4.02. The van der Waals surface area contributed by atoms with Crippen molar-refractivity contribution < 1.29 is 17.6 Å². The number of nitrogens with zero attached hydrogens (tertiary/aromatic N) is 3. The number of halogens is 4. The van der Waals surface area contributed by atoms with Gasteiger partial charge in [-0.25, -0.2) is 9.37 Å². The summed E-state index contributed by atoms with van der Waals surface area (Å²) in [4.78, 5) is 8.04. The Hall–Kier alpha value is -3.05. The van der Waals surface area contributed by atoms with E-state index in [1.807, 2.05) is 6.07 Å². The molecule has 0 saturated heterocycles. The van der Waals surface area contributed by atoms with Gasteiger partial charge in [0.15, 0.2) is 5.70 Å². The van der Waals surface area contributed by atoms with Gasteiger partial charge in [-0.15, -0.1) is 0 Å². The normalized spacial score (nSPS) is 15.9. The van der Waals surface area contributed by atoms with E-state index in [1.54, 1.807) is 23.8 Å². The van der Waals surface area contributed by atoms with Crippen LogP contribution in [0.4, 0.5) is 17.6 Å². The number of hydrazine groups is 1. The van der Waals surface area contributed by atoms with Crippen LogP contribution in [0.25, 0.3) is 17.1 Å². The van der Waals surface area contributed by atoms with Crippen molar-refractivity contribution in [1.29, 1.82) is 0 Å². The number of nitrogens with two attached hydrogens (primary N) is 2. The lowest BCUT2D eigenvalue weighted by atomic mass is 9.99. The fourth-order valence-electron chi connectivity index (χ4n) is 3.72. The fourth-order valence-corrected chi connectivity index (χ4v) is 3.88. The second kappa shape index (κ2) is 10.3. The Bertz CT molecular complexity index is 1140. The molecule has 4 rings (SSSR count). The number of hydrogen-bond donors (Lipinski definition) is 4. The van der Waals surface area contributed by atoms with Crippen molar-refractivity contribution in [1.82, 2.24) is 19.4 Å². The number of pyridine rings is 1. The molecule has 2 heterocycles. The van der Waals surface area contributed by atoms with Crippen molar-refractivity contribution in [3.8, 4) is 11.4 Å². The second-order valence-electron chi connectivity index (χ2n) is 7.49. The highest BCUT2D eigenvalue weighted by Gasteiger charge is 2.36. The third-order valence-corrected chi connectivity index (χ3v) is 5.62. The van der Waals surface area contributed by atoms with Crippen molar-refractivity contribution in [2.24, 2.45) is 11.6 Å². The van der Waals surface area contributed by atoms with Crippen LogP contribution in [-0.2, 0) is 6.42 Å². The number of rotatable bonds is 4. The number of allylic oxidation sites excluding steroid dienone is 1. The molecule has 2 aromatic heterocycles. The van der Waals surface area contributed by atoms with Crippen LogP contribution in [0.15, 0.2) is 54.7 Å². The maximum atomic E-state index is 12.9. The molecule has 5 N–H and O–H groups in total. The summed E-state index contributed by atoms with van der Waals surface area (Å²) in [6, 6.07) is 7.93. The van der Waals surface area contributed by atoms with Crippen molar-refractivity contribution >= 4 is 18.5 Å². The predicted octanol–water partition coefficient (Wildman–Crippen LogP) is 4.56. The minimum atomic E-state index is -4.69. The summed E-state index contributed by atoms with van der Waals surface area (Å²) < 4.78 is 52.6. The van der Waals surface area contributed by atoms with Crippen LogP contribution in [0.1, 0.15) is 42.4 Å². The molecular weight excluding hydrogens is 456 g/mol. The largest absolute Gasteiger partial charge is 0.434 e. The van der Waals surface area contributed by atoms with Gasteiger partial charge in [0.2, 0.25) is 0 Å². The topological polar surface area (TPSA) is 94.8 Å². The molecule has 3 aromatic rings. The van der Waals surface area contributed by atoms with Crippen molar-refractivity contribution in [2.75, 3.05) is 0 Å². The highest BCUT2D eigenvalue weighted by molar-refractivity contribution is 7.78. The number of nitrogens with one attached hydrogen (secondary N) is 1. The Morgan fingerprint density at radius 1 is 1.21 bits per heavy atom.